The van der Waals surface area contributed by atoms with Crippen LogP contribution in [0.5, 0.6) is 0 Å². The van der Waals surface area contributed by atoms with Crippen LogP contribution in [0, 0.1) is 0 Å². The molecular weight excluding hydrogens is 899 g/mol. The molecule has 0 rings (SSSR count). The Labute approximate surface area is 455 Å². The highest BCUT2D eigenvalue weighted by Gasteiger charge is 2.18. The average Bonchev–Trinajstić information content (AvgIpc) is 3.39. The second-order valence-electron chi connectivity index (χ2n) is 22.4. The van der Waals surface area contributed by atoms with Gasteiger partial charge in [-0.25, -0.2) is 0 Å². The summed E-state index contributed by atoms with van der Waals surface area (Å²) >= 11 is 0. The number of aliphatic hydroxyl groups is 2. The van der Waals surface area contributed by atoms with Crippen molar-refractivity contribution in [1.82, 2.24) is 5.32 Å². The SMILES string of the molecule is CCCCCCCCC/C=C\CCCCCCCCCC(=O)OCCCCCC/C=C\CCCCCCCCCC(=O)NC(CO)C(O)/C=C/CCCCCCCCCCCCCCCCCCCCCCC. The van der Waals surface area contributed by atoms with Crippen molar-refractivity contribution in [1.29, 1.82) is 0 Å². The van der Waals surface area contributed by atoms with Crippen LogP contribution < -0.4 is 5.32 Å². The highest BCUT2D eigenvalue weighted by molar-refractivity contribution is 5.76. The lowest BCUT2D eigenvalue weighted by atomic mass is 10.0. The molecule has 0 aliphatic carbocycles. The van der Waals surface area contributed by atoms with Crippen LogP contribution in [0.15, 0.2) is 36.5 Å². The second-order valence-corrected chi connectivity index (χ2v) is 22.4. The van der Waals surface area contributed by atoms with Gasteiger partial charge in [0.1, 0.15) is 0 Å². The first-order valence-corrected chi connectivity index (χ1v) is 32.8. The summed E-state index contributed by atoms with van der Waals surface area (Å²) in [7, 11) is 0. The van der Waals surface area contributed by atoms with E-state index in [0.717, 1.165) is 70.6 Å². The Morgan fingerprint density at radius 3 is 0.973 bits per heavy atom. The fourth-order valence-corrected chi connectivity index (χ4v) is 10.1. The van der Waals surface area contributed by atoms with E-state index in [1.165, 1.54) is 257 Å². The van der Waals surface area contributed by atoms with E-state index in [4.69, 9.17) is 4.74 Å². The molecule has 2 unspecified atom stereocenters. The summed E-state index contributed by atoms with van der Waals surface area (Å²) in [4.78, 5) is 24.6. The first kappa shape index (κ1) is 71.1. The van der Waals surface area contributed by atoms with Crippen LogP contribution in [0.25, 0.3) is 0 Å². The fraction of sp³-hybridized carbons (Fsp3) is 0.881. The third kappa shape index (κ3) is 59.2. The van der Waals surface area contributed by atoms with Gasteiger partial charge in [-0.1, -0.05) is 294 Å². The number of carbonyl (C=O) groups is 2. The number of hydrogen-bond donors (Lipinski definition) is 3. The number of unbranched alkanes of at least 4 members (excludes halogenated alkanes) is 46. The number of ether oxygens (including phenoxy) is 1. The van der Waals surface area contributed by atoms with Crippen LogP contribution in [0.1, 0.15) is 354 Å². The largest absolute Gasteiger partial charge is 0.466 e. The quantitative estimate of drug-likeness (QED) is 0.0320. The molecule has 1 amide bonds. The van der Waals surface area contributed by atoms with E-state index in [2.05, 4.69) is 43.5 Å². The number of allylic oxidation sites excluding steroid dienone is 5. The Morgan fingerprint density at radius 2 is 0.644 bits per heavy atom. The molecule has 0 saturated heterocycles. The van der Waals surface area contributed by atoms with Crippen molar-refractivity contribution >= 4 is 11.9 Å². The Kier molecular flexibility index (Phi) is 61.0. The molecule has 3 N–H and O–H groups in total. The Balaban J connectivity index is 3.49. The van der Waals surface area contributed by atoms with Gasteiger partial charge in [0.15, 0.2) is 0 Å². The van der Waals surface area contributed by atoms with Gasteiger partial charge in [0.2, 0.25) is 5.91 Å². The summed E-state index contributed by atoms with van der Waals surface area (Å²) in [6, 6.07) is -0.641. The average molecular weight is 1030 g/mol. The van der Waals surface area contributed by atoms with E-state index in [-0.39, 0.29) is 18.5 Å². The topological polar surface area (TPSA) is 95.9 Å². The van der Waals surface area contributed by atoms with Gasteiger partial charge in [0.25, 0.3) is 0 Å². The zero-order chi connectivity index (χ0) is 52.9. The number of amides is 1. The predicted molar refractivity (Wildman–Crippen MR) is 319 cm³/mol. The van der Waals surface area contributed by atoms with Crippen LogP contribution in [-0.2, 0) is 14.3 Å². The Bertz CT molecular complexity index is 1180. The molecule has 0 saturated carbocycles. The van der Waals surface area contributed by atoms with E-state index >= 15 is 0 Å². The lowest BCUT2D eigenvalue weighted by Gasteiger charge is -2.20. The molecule has 0 aromatic rings. The summed E-state index contributed by atoms with van der Waals surface area (Å²) in [5.41, 5.74) is 0. The highest BCUT2D eigenvalue weighted by atomic mass is 16.5. The maximum absolute atomic E-state index is 12.5. The van der Waals surface area contributed by atoms with Crippen molar-refractivity contribution in [3.8, 4) is 0 Å². The number of carbonyl (C=O) groups excluding carboxylic acids is 2. The first-order chi connectivity index (χ1) is 36.0. The number of esters is 1. The molecule has 0 aromatic heterocycles. The van der Waals surface area contributed by atoms with Gasteiger partial charge >= 0.3 is 5.97 Å². The maximum Gasteiger partial charge on any atom is 0.305 e. The third-order valence-corrected chi connectivity index (χ3v) is 15.1. The fourth-order valence-electron chi connectivity index (χ4n) is 10.1. The molecule has 2 atom stereocenters. The number of nitrogens with one attached hydrogen (secondary N) is 1. The number of aliphatic hydroxyl groups excluding tert-OH is 2. The van der Waals surface area contributed by atoms with Crippen molar-refractivity contribution in [3.05, 3.63) is 36.5 Å². The molecule has 0 aliphatic heterocycles. The van der Waals surface area contributed by atoms with Crippen molar-refractivity contribution in [2.24, 2.45) is 0 Å². The van der Waals surface area contributed by atoms with Gasteiger partial charge in [0.05, 0.1) is 25.4 Å². The summed E-state index contributed by atoms with van der Waals surface area (Å²) in [5.74, 6) is -0.0938. The zero-order valence-corrected chi connectivity index (χ0v) is 49.1. The van der Waals surface area contributed by atoms with Crippen LogP contribution >= 0.6 is 0 Å². The van der Waals surface area contributed by atoms with Gasteiger partial charge in [-0.3, -0.25) is 9.59 Å². The van der Waals surface area contributed by atoms with Gasteiger partial charge in [-0.05, 0) is 83.5 Å². The molecule has 0 spiro atoms. The van der Waals surface area contributed by atoms with Gasteiger partial charge in [0, 0.05) is 12.8 Å². The Hall–Kier alpha value is -1.92. The molecule has 73 heavy (non-hydrogen) atoms. The first-order valence-electron chi connectivity index (χ1n) is 32.8. The lowest BCUT2D eigenvalue weighted by Crippen LogP contribution is -2.45. The number of rotatable bonds is 61. The van der Waals surface area contributed by atoms with E-state index in [9.17, 15) is 19.8 Å². The lowest BCUT2D eigenvalue weighted by molar-refractivity contribution is -0.143. The normalized spacial score (nSPS) is 12.8. The summed E-state index contributed by atoms with van der Waals surface area (Å²) in [5, 5.41) is 23.2. The number of hydrogen-bond acceptors (Lipinski definition) is 5. The van der Waals surface area contributed by atoms with E-state index in [0.29, 0.717) is 19.4 Å². The van der Waals surface area contributed by atoms with Gasteiger partial charge in [-0.2, -0.15) is 0 Å². The van der Waals surface area contributed by atoms with Crippen molar-refractivity contribution in [3.63, 3.8) is 0 Å². The minimum Gasteiger partial charge on any atom is -0.466 e. The van der Waals surface area contributed by atoms with Gasteiger partial charge in [-0.15, -0.1) is 0 Å². The van der Waals surface area contributed by atoms with Crippen LogP contribution in [0.2, 0.25) is 0 Å². The van der Waals surface area contributed by atoms with Crippen LogP contribution in [0.3, 0.4) is 0 Å². The molecule has 0 fully saturated rings. The standard InChI is InChI=1S/C67H127NO5/c1-3-5-7-9-11-13-15-17-19-21-23-24-25-26-27-28-31-35-39-43-47-51-55-59-65(70)64(63-69)68-66(71)60-56-52-48-44-40-36-32-30-34-38-42-46-50-54-58-62-73-67(72)61-57-53-49-45-41-37-33-29-22-20-18-16-14-12-10-8-6-4-2/h20,22,34,38,55,59,64-65,69-70H,3-19,21,23-33,35-37,39-54,56-58,60-63H2,1-2H3,(H,68,71)/b22-20-,38-34-,59-55+. The van der Waals surface area contributed by atoms with Gasteiger partial charge < -0.3 is 20.3 Å². The highest BCUT2D eigenvalue weighted by Crippen LogP contribution is 2.17. The predicted octanol–water partition coefficient (Wildman–Crippen LogP) is 20.8. The molecule has 6 nitrogen and oxygen atoms in total. The molecule has 430 valence electrons. The van der Waals surface area contributed by atoms with E-state index in [1.54, 1.807) is 6.08 Å². The van der Waals surface area contributed by atoms with Crippen LogP contribution in [0.4, 0.5) is 0 Å². The van der Waals surface area contributed by atoms with Crippen molar-refractivity contribution in [2.45, 2.75) is 366 Å². The van der Waals surface area contributed by atoms with E-state index < -0.39 is 12.1 Å². The third-order valence-electron chi connectivity index (χ3n) is 15.1. The van der Waals surface area contributed by atoms with E-state index in [1.807, 2.05) is 6.08 Å². The molecule has 0 radical (unpaired) electrons. The summed E-state index contributed by atoms with van der Waals surface area (Å²) < 4.78 is 5.48. The Morgan fingerprint density at radius 1 is 0.370 bits per heavy atom. The van der Waals surface area contributed by atoms with Crippen molar-refractivity contribution < 1.29 is 24.5 Å². The van der Waals surface area contributed by atoms with Crippen molar-refractivity contribution in [2.75, 3.05) is 13.2 Å². The molecule has 0 bridgehead atoms. The minimum atomic E-state index is -0.856. The minimum absolute atomic E-state index is 0.0135. The monoisotopic (exact) mass is 1030 g/mol. The molecule has 0 heterocycles. The molecular formula is C67H127NO5. The molecule has 0 aliphatic rings. The maximum atomic E-state index is 12.5. The second kappa shape index (κ2) is 62.6. The molecule has 6 heteroatoms. The smallest absolute Gasteiger partial charge is 0.305 e. The summed E-state index contributed by atoms with van der Waals surface area (Å²) in [6.45, 7) is 4.89. The zero-order valence-electron chi connectivity index (χ0n) is 49.1. The summed E-state index contributed by atoms with van der Waals surface area (Å²) in [6.07, 6.45) is 79.0. The molecule has 0 aromatic carbocycles. The van der Waals surface area contributed by atoms with Crippen LogP contribution in [-0.4, -0.2) is 47.4 Å².